The van der Waals surface area contributed by atoms with Gasteiger partial charge >= 0.3 is 0 Å². The number of hydrogen-bond acceptors (Lipinski definition) is 4. The molecule has 0 saturated carbocycles. The Morgan fingerprint density at radius 3 is 2.38 bits per heavy atom. The van der Waals surface area contributed by atoms with Crippen molar-refractivity contribution in [3.05, 3.63) is 93.3 Å². The van der Waals surface area contributed by atoms with Crippen molar-refractivity contribution in [3.8, 4) is 0 Å². The van der Waals surface area contributed by atoms with Crippen molar-refractivity contribution in [1.29, 1.82) is 0 Å². The third-order valence-electron chi connectivity index (χ3n) is 7.02. The van der Waals surface area contributed by atoms with Gasteiger partial charge in [0, 0.05) is 11.9 Å². The fraction of sp³-hybridized carbons (Fsp3) is 0.310. The number of carbonyl (C=O) groups is 1. The average molecular weight is 455 g/mol. The predicted octanol–water partition coefficient (Wildman–Crippen LogP) is 5.53. The molecule has 34 heavy (non-hydrogen) atoms. The second kappa shape index (κ2) is 9.07. The lowest BCUT2D eigenvalue weighted by Gasteiger charge is -2.26. The van der Waals surface area contributed by atoms with Crippen LogP contribution in [0.1, 0.15) is 53.6 Å². The molecule has 0 radical (unpaired) electrons. The van der Waals surface area contributed by atoms with E-state index in [-0.39, 0.29) is 17.1 Å². The lowest BCUT2D eigenvalue weighted by Crippen LogP contribution is -2.33. The first-order chi connectivity index (χ1) is 16.5. The molecule has 0 aliphatic carbocycles. The van der Waals surface area contributed by atoms with Crippen LogP contribution in [0.15, 0.2) is 69.9 Å². The number of nitrogens with zero attached hydrogens (tertiary/aromatic N) is 2. The maximum absolute atomic E-state index is 13.8. The number of carbonyl (C=O) groups excluding carboxylic acids is 1. The highest BCUT2D eigenvalue weighted by atomic mass is 16.3. The fourth-order valence-corrected chi connectivity index (χ4v) is 5.08. The van der Waals surface area contributed by atoms with E-state index in [4.69, 9.17) is 4.42 Å². The maximum Gasteiger partial charge on any atom is 0.290 e. The number of amides is 1. The topological polar surface area (TPSA) is 53.8 Å². The van der Waals surface area contributed by atoms with Crippen molar-refractivity contribution in [3.63, 3.8) is 0 Å². The van der Waals surface area contributed by atoms with E-state index in [1.807, 2.05) is 72.5 Å². The molecule has 1 atom stereocenters. The van der Waals surface area contributed by atoms with Crippen LogP contribution in [0.2, 0.25) is 0 Å². The van der Waals surface area contributed by atoms with Crippen LogP contribution in [0.25, 0.3) is 21.7 Å². The Morgan fingerprint density at radius 2 is 1.65 bits per heavy atom. The molecule has 0 fully saturated rings. The van der Waals surface area contributed by atoms with Gasteiger partial charge in [0.25, 0.3) is 5.91 Å². The molecule has 1 aliphatic heterocycles. The number of rotatable bonds is 7. The molecule has 1 amide bonds. The van der Waals surface area contributed by atoms with E-state index in [2.05, 4.69) is 18.7 Å². The molecule has 2 heterocycles. The second-order valence-electron chi connectivity index (χ2n) is 9.03. The van der Waals surface area contributed by atoms with E-state index in [1.165, 1.54) is 0 Å². The molecular weight excluding hydrogens is 424 g/mol. The minimum absolute atomic E-state index is 0.118. The van der Waals surface area contributed by atoms with Crippen molar-refractivity contribution in [2.45, 2.75) is 33.2 Å². The highest BCUT2D eigenvalue weighted by molar-refractivity contribution is 6.06. The Kier molecular flexibility index (Phi) is 5.96. The fourth-order valence-electron chi connectivity index (χ4n) is 5.08. The van der Waals surface area contributed by atoms with E-state index < -0.39 is 6.04 Å². The minimum atomic E-state index is -0.438. The Hall–Kier alpha value is -3.44. The summed E-state index contributed by atoms with van der Waals surface area (Å²) >= 11 is 0. The first-order valence-corrected chi connectivity index (χ1v) is 12.1. The summed E-state index contributed by atoms with van der Waals surface area (Å²) in [5.74, 6) is -0.0191. The Labute approximate surface area is 199 Å². The van der Waals surface area contributed by atoms with Crippen LogP contribution in [0, 0.1) is 6.92 Å². The zero-order valence-corrected chi connectivity index (χ0v) is 20.0. The quantitative estimate of drug-likeness (QED) is 0.345. The molecule has 0 saturated heterocycles. The SMILES string of the molecule is CCN(CC)CCCN1C(=O)c2oc3c(ccc4ccccc43)c(=O)c2C1c1ccc(C)cc1. The number of fused-ring (bicyclic) bond motifs is 4. The summed E-state index contributed by atoms with van der Waals surface area (Å²) in [5, 5.41) is 2.35. The van der Waals surface area contributed by atoms with E-state index in [1.54, 1.807) is 0 Å². The molecule has 0 N–H and O–H groups in total. The van der Waals surface area contributed by atoms with Gasteiger partial charge in [-0.15, -0.1) is 0 Å². The average Bonchev–Trinajstić information content (AvgIpc) is 3.14. The zero-order chi connectivity index (χ0) is 23.8. The molecule has 4 aromatic rings. The zero-order valence-electron chi connectivity index (χ0n) is 20.0. The molecule has 1 aliphatic rings. The van der Waals surface area contributed by atoms with Gasteiger partial charge in [-0.1, -0.05) is 74.0 Å². The molecule has 5 rings (SSSR count). The van der Waals surface area contributed by atoms with Gasteiger partial charge in [-0.05, 0) is 50.0 Å². The van der Waals surface area contributed by atoms with Gasteiger partial charge in [-0.25, -0.2) is 0 Å². The largest absolute Gasteiger partial charge is 0.450 e. The standard InChI is InChI=1S/C29H30N2O3/c1-4-30(5-2)17-8-18-31-25(21-13-11-19(3)12-14-21)24-26(32)23-16-15-20-9-6-7-10-22(20)27(23)34-28(24)29(31)33/h6-7,9-16,25H,4-5,8,17-18H2,1-3H3. The van der Waals surface area contributed by atoms with Crippen LogP contribution in [0.5, 0.6) is 0 Å². The molecule has 5 nitrogen and oxygen atoms in total. The van der Waals surface area contributed by atoms with Gasteiger partial charge in [0.1, 0.15) is 5.58 Å². The highest BCUT2D eigenvalue weighted by Gasteiger charge is 2.42. The minimum Gasteiger partial charge on any atom is -0.450 e. The smallest absolute Gasteiger partial charge is 0.290 e. The monoisotopic (exact) mass is 454 g/mol. The van der Waals surface area contributed by atoms with E-state index in [0.29, 0.717) is 23.1 Å². The Bertz CT molecular complexity index is 1420. The summed E-state index contributed by atoms with van der Waals surface area (Å²) in [6.07, 6.45) is 0.834. The lowest BCUT2D eigenvalue weighted by atomic mass is 9.97. The van der Waals surface area contributed by atoms with Gasteiger partial charge in [-0.2, -0.15) is 0 Å². The normalized spacial score (nSPS) is 15.6. The van der Waals surface area contributed by atoms with Crippen molar-refractivity contribution in [2.24, 2.45) is 0 Å². The molecule has 0 spiro atoms. The van der Waals surface area contributed by atoms with Crippen LogP contribution in [-0.2, 0) is 0 Å². The van der Waals surface area contributed by atoms with Crippen molar-refractivity contribution >= 4 is 27.6 Å². The molecular formula is C29H30N2O3. The van der Waals surface area contributed by atoms with Crippen molar-refractivity contribution < 1.29 is 9.21 Å². The summed E-state index contributed by atoms with van der Waals surface area (Å²) in [6, 6.07) is 19.2. The summed E-state index contributed by atoms with van der Waals surface area (Å²) in [5.41, 5.74) is 2.90. The maximum atomic E-state index is 13.8. The molecule has 3 aromatic carbocycles. The number of hydrogen-bond donors (Lipinski definition) is 0. The second-order valence-corrected chi connectivity index (χ2v) is 9.03. The summed E-state index contributed by atoms with van der Waals surface area (Å²) in [6.45, 7) is 9.75. The number of aryl methyl sites for hydroxylation is 1. The number of benzene rings is 3. The Balaban J connectivity index is 1.65. The lowest BCUT2D eigenvalue weighted by molar-refractivity contribution is 0.0720. The molecule has 1 unspecified atom stereocenters. The van der Waals surface area contributed by atoms with Crippen molar-refractivity contribution in [1.82, 2.24) is 9.80 Å². The van der Waals surface area contributed by atoms with Crippen molar-refractivity contribution in [2.75, 3.05) is 26.2 Å². The third kappa shape index (κ3) is 3.70. The van der Waals surface area contributed by atoms with Gasteiger partial charge < -0.3 is 14.2 Å². The van der Waals surface area contributed by atoms with E-state index in [9.17, 15) is 9.59 Å². The van der Waals surface area contributed by atoms with Gasteiger partial charge in [-0.3, -0.25) is 9.59 Å². The van der Waals surface area contributed by atoms with E-state index in [0.717, 1.165) is 48.0 Å². The molecule has 174 valence electrons. The third-order valence-corrected chi connectivity index (χ3v) is 7.02. The summed E-state index contributed by atoms with van der Waals surface area (Å²) < 4.78 is 6.28. The highest BCUT2D eigenvalue weighted by Crippen LogP contribution is 2.39. The molecule has 0 bridgehead atoms. The first-order valence-electron chi connectivity index (χ1n) is 12.1. The first kappa shape index (κ1) is 22.4. The Morgan fingerprint density at radius 1 is 0.912 bits per heavy atom. The van der Waals surface area contributed by atoms with Crippen LogP contribution >= 0.6 is 0 Å². The van der Waals surface area contributed by atoms with Crippen LogP contribution in [-0.4, -0.2) is 41.9 Å². The van der Waals surface area contributed by atoms with Crippen LogP contribution in [0.4, 0.5) is 0 Å². The van der Waals surface area contributed by atoms with E-state index >= 15 is 0 Å². The van der Waals surface area contributed by atoms with Crippen LogP contribution < -0.4 is 5.43 Å². The predicted molar refractivity (Wildman–Crippen MR) is 136 cm³/mol. The van der Waals surface area contributed by atoms with Gasteiger partial charge in [0.2, 0.25) is 5.76 Å². The molecule has 5 heteroatoms. The van der Waals surface area contributed by atoms with Gasteiger partial charge in [0.15, 0.2) is 5.43 Å². The summed E-state index contributed by atoms with van der Waals surface area (Å²) in [7, 11) is 0. The molecule has 1 aromatic heterocycles. The van der Waals surface area contributed by atoms with Gasteiger partial charge in [0.05, 0.1) is 17.0 Å². The van der Waals surface area contributed by atoms with Crippen LogP contribution in [0.3, 0.4) is 0 Å². The summed E-state index contributed by atoms with van der Waals surface area (Å²) in [4.78, 5) is 31.7.